The van der Waals surface area contributed by atoms with Gasteiger partial charge in [-0.2, -0.15) is 9.40 Å². The molecule has 2 fully saturated rings. The van der Waals surface area contributed by atoms with Crippen molar-refractivity contribution in [1.29, 1.82) is 0 Å². The molecule has 0 N–H and O–H groups in total. The van der Waals surface area contributed by atoms with Gasteiger partial charge in [-0.25, -0.2) is 13.4 Å². The molecule has 2 aromatic rings. The predicted octanol–water partition coefficient (Wildman–Crippen LogP) is 0.655. The van der Waals surface area contributed by atoms with Gasteiger partial charge < -0.3 is 14.5 Å². The quantitative estimate of drug-likeness (QED) is 0.621. The number of pyridine rings is 1. The molecular formula is C21H30N6O4S. The third kappa shape index (κ3) is 4.94. The lowest BCUT2D eigenvalue weighted by Crippen LogP contribution is -2.49. The Balaban J connectivity index is 1.30. The predicted molar refractivity (Wildman–Crippen MR) is 119 cm³/mol. The Morgan fingerprint density at radius 1 is 1.06 bits per heavy atom. The van der Waals surface area contributed by atoms with E-state index in [-0.39, 0.29) is 10.8 Å². The maximum Gasteiger partial charge on any atom is 0.244 e. The summed E-state index contributed by atoms with van der Waals surface area (Å²) < 4.78 is 34.0. The Morgan fingerprint density at radius 3 is 2.38 bits per heavy atom. The molecule has 2 saturated heterocycles. The van der Waals surface area contributed by atoms with Gasteiger partial charge in [0.05, 0.1) is 18.9 Å². The number of carbonyl (C=O) groups excluding carboxylic acids is 1. The fourth-order valence-corrected chi connectivity index (χ4v) is 5.45. The zero-order valence-corrected chi connectivity index (χ0v) is 19.4. The maximum atomic E-state index is 12.7. The highest BCUT2D eigenvalue weighted by Crippen LogP contribution is 2.20. The molecule has 0 aliphatic carbocycles. The molecule has 4 rings (SSSR count). The summed E-state index contributed by atoms with van der Waals surface area (Å²) in [5.74, 6) is 0.845. The number of hydrogen-bond acceptors (Lipinski definition) is 7. The number of morpholine rings is 1. The summed E-state index contributed by atoms with van der Waals surface area (Å²) in [6.07, 6.45) is 1.85. The van der Waals surface area contributed by atoms with Gasteiger partial charge in [0.1, 0.15) is 10.7 Å². The number of carbonyl (C=O) groups is 1. The summed E-state index contributed by atoms with van der Waals surface area (Å²) in [6.45, 7) is 8.62. The molecule has 2 aliphatic rings. The van der Waals surface area contributed by atoms with Crippen LogP contribution in [0.3, 0.4) is 0 Å². The van der Waals surface area contributed by atoms with Crippen molar-refractivity contribution in [2.45, 2.75) is 31.7 Å². The van der Waals surface area contributed by atoms with E-state index in [0.29, 0.717) is 65.4 Å². The summed E-state index contributed by atoms with van der Waals surface area (Å²) in [4.78, 5) is 21.2. The van der Waals surface area contributed by atoms with Crippen LogP contribution in [0.25, 0.3) is 0 Å². The summed E-state index contributed by atoms with van der Waals surface area (Å²) in [5, 5.41) is 4.41. The Kier molecular flexibility index (Phi) is 6.77. The number of rotatable bonds is 6. The van der Waals surface area contributed by atoms with E-state index in [1.807, 2.05) is 29.5 Å². The van der Waals surface area contributed by atoms with Crippen LogP contribution in [0.1, 0.15) is 17.8 Å². The minimum absolute atomic E-state index is 0.122. The third-order valence-corrected chi connectivity index (χ3v) is 7.81. The second kappa shape index (κ2) is 9.55. The third-order valence-electron chi connectivity index (χ3n) is 5.93. The topological polar surface area (TPSA) is 101 Å². The standard InChI is InChI=1S/C21H30N6O4S/c1-17-15-18(2)27(23-17)6-5-21(28)25-9-7-24(8-10-25)20-4-3-19(16-22-20)32(29,30)26-11-13-31-14-12-26/h3-4,15-16H,5-14H2,1-2H3. The van der Waals surface area contributed by atoms with Gasteiger partial charge in [-0.1, -0.05) is 0 Å². The van der Waals surface area contributed by atoms with Gasteiger partial charge in [0, 0.05) is 64.1 Å². The van der Waals surface area contributed by atoms with Crippen LogP contribution in [0.15, 0.2) is 29.3 Å². The van der Waals surface area contributed by atoms with Crippen molar-refractivity contribution >= 4 is 21.7 Å². The average molecular weight is 463 g/mol. The van der Waals surface area contributed by atoms with Crippen molar-refractivity contribution in [2.24, 2.45) is 0 Å². The summed E-state index contributed by atoms with van der Waals surface area (Å²) in [6, 6.07) is 5.36. The molecule has 32 heavy (non-hydrogen) atoms. The Morgan fingerprint density at radius 2 is 1.78 bits per heavy atom. The summed E-state index contributed by atoms with van der Waals surface area (Å²) in [5.41, 5.74) is 2.02. The molecule has 10 nitrogen and oxygen atoms in total. The van der Waals surface area contributed by atoms with Crippen LogP contribution in [0, 0.1) is 13.8 Å². The number of aromatic nitrogens is 3. The van der Waals surface area contributed by atoms with Crippen molar-refractivity contribution < 1.29 is 17.9 Å². The first-order valence-electron chi connectivity index (χ1n) is 10.9. The van der Waals surface area contributed by atoms with Crippen LogP contribution < -0.4 is 4.90 Å². The Labute approximate surface area is 188 Å². The molecule has 4 heterocycles. The molecule has 11 heteroatoms. The van der Waals surface area contributed by atoms with E-state index in [9.17, 15) is 13.2 Å². The molecular weight excluding hydrogens is 432 g/mol. The van der Waals surface area contributed by atoms with Crippen LogP contribution >= 0.6 is 0 Å². The van der Waals surface area contributed by atoms with Crippen LogP contribution in [-0.2, 0) is 26.1 Å². The second-order valence-electron chi connectivity index (χ2n) is 8.14. The van der Waals surface area contributed by atoms with Crippen molar-refractivity contribution in [1.82, 2.24) is 24.0 Å². The minimum Gasteiger partial charge on any atom is -0.379 e. The molecule has 0 atom stereocenters. The minimum atomic E-state index is -3.55. The normalized spacial score (nSPS) is 18.2. The maximum absolute atomic E-state index is 12.7. The van der Waals surface area contributed by atoms with Crippen molar-refractivity contribution in [3.63, 3.8) is 0 Å². The molecule has 0 spiro atoms. The van der Waals surface area contributed by atoms with E-state index < -0.39 is 10.0 Å². The van der Waals surface area contributed by atoms with E-state index in [0.717, 1.165) is 17.2 Å². The molecule has 0 saturated carbocycles. The lowest BCUT2D eigenvalue weighted by molar-refractivity contribution is -0.131. The van der Waals surface area contributed by atoms with Gasteiger partial charge in [0.25, 0.3) is 0 Å². The highest BCUT2D eigenvalue weighted by atomic mass is 32.2. The number of ether oxygens (including phenoxy) is 1. The number of nitrogens with zero attached hydrogens (tertiary/aromatic N) is 6. The van der Waals surface area contributed by atoms with Crippen molar-refractivity contribution in [2.75, 3.05) is 57.4 Å². The number of aryl methyl sites for hydroxylation is 3. The smallest absolute Gasteiger partial charge is 0.244 e. The van der Waals surface area contributed by atoms with Crippen LogP contribution in [0.4, 0.5) is 5.82 Å². The first-order chi connectivity index (χ1) is 15.3. The summed E-state index contributed by atoms with van der Waals surface area (Å²) in [7, 11) is -3.55. The molecule has 0 unspecified atom stereocenters. The van der Waals surface area contributed by atoms with Crippen LogP contribution in [0.2, 0.25) is 0 Å². The number of piperazine rings is 1. The highest BCUT2D eigenvalue weighted by molar-refractivity contribution is 7.89. The molecule has 174 valence electrons. The zero-order chi connectivity index (χ0) is 22.7. The van der Waals surface area contributed by atoms with E-state index in [1.54, 1.807) is 12.1 Å². The second-order valence-corrected chi connectivity index (χ2v) is 10.1. The van der Waals surface area contributed by atoms with E-state index in [1.165, 1.54) is 10.5 Å². The first kappa shape index (κ1) is 22.7. The van der Waals surface area contributed by atoms with E-state index in [2.05, 4.69) is 15.0 Å². The molecule has 2 aromatic heterocycles. The van der Waals surface area contributed by atoms with Gasteiger partial charge in [-0.15, -0.1) is 0 Å². The lowest BCUT2D eigenvalue weighted by atomic mass is 10.2. The van der Waals surface area contributed by atoms with Gasteiger partial charge >= 0.3 is 0 Å². The van der Waals surface area contributed by atoms with E-state index >= 15 is 0 Å². The molecule has 2 aliphatic heterocycles. The lowest BCUT2D eigenvalue weighted by Gasteiger charge is -2.35. The molecule has 0 radical (unpaired) electrons. The number of sulfonamides is 1. The molecule has 1 amide bonds. The monoisotopic (exact) mass is 462 g/mol. The first-order valence-corrected chi connectivity index (χ1v) is 12.4. The van der Waals surface area contributed by atoms with Crippen molar-refractivity contribution in [3.05, 3.63) is 35.8 Å². The van der Waals surface area contributed by atoms with Crippen LogP contribution in [0.5, 0.6) is 0 Å². The average Bonchev–Trinajstić information content (AvgIpc) is 3.15. The van der Waals surface area contributed by atoms with Gasteiger partial charge in [-0.3, -0.25) is 9.48 Å². The Bertz CT molecular complexity index is 1040. The Hall–Kier alpha value is -2.50. The van der Waals surface area contributed by atoms with E-state index in [4.69, 9.17) is 4.74 Å². The van der Waals surface area contributed by atoms with Gasteiger partial charge in [-0.05, 0) is 32.0 Å². The van der Waals surface area contributed by atoms with Crippen molar-refractivity contribution in [3.8, 4) is 0 Å². The van der Waals surface area contributed by atoms with Gasteiger partial charge in [0.2, 0.25) is 15.9 Å². The van der Waals surface area contributed by atoms with Crippen LogP contribution in [-0.4, -0.2) is 90.8 Å². The van der Waals surface area contributed by atoms with Gasteiger partial charge in [0.15, 0.2) is 0 Å². The molecule has 0 aromatic carbocycles. The number of anilines is 1. The zero-order valence-electron chi connectivity index (χ0n) is 18.6. The summed E-state index contributed by atoms with van der Waals surface area (Å²) >= 11 is 0. The highest BCUT2D eigenvalue weighted by Gasteiger charge is 2.27. The number of amides is 1. The molecule has 0 bridgehead atoms. The largest absolute Gasteiger partial charge is 0.379 e. The number of hydrogen-bond donors (Lipinski definition) is 0. The SMILES string of the molecule is Cc1cc(C)n(CCC(=O)N2CCN(c3ccc(S(=O)(=O)N4CCOCC4)cn3)CC2)n1. The fraction of sp³-hybridized carbons (Fsp3) is 0.571. The fourth-order valence-electron chi connectivity index (χ4n) is 4.09.